The molecule has 0 spiro atoms. The molecule has 8 unspecified atom stereocenters. The van der Waals surface area contributed by atoms with Gasteiger partial charge in [0.25, 0.3) is 0 Å². The predicted molar refractivity (Wildman–Crippen MR) is 211 cm³/mol. The van der Waals surface area contributed by atoms with Crippen LogP contribution in [0.25, 0.3) is 0 Å². The number of benzene rings is 1. The fraction of sp³-hybridized carbons (Fsp3) is 0.717. The number of carboxylic acid groups (broad SMARTS) is 1. The summed E-state index contributed by atoms with van der Waals surface area (Å²) in [4.78, 5) is 66.0. The highest BCUT2D eigenvalue weighted by Crippen LogP contribution is 2.77. The van der Waals surface area contributed by atoms with Gasteiger partial charge in [-0.1, -0.05) is 84.4 Å². The molecule has 4 saturated carbocycles. The largest absolute Gasteiger partial charge is 0.481 e. The number of nitrogens with two attached hydrogens (primary N) is 1. The predicted octanol–water partition coefficient (Wildman–Crippen LogP) is 8.28. The summed E-state index contributed by atoms with van der Waals surface area (Å²) in [5.41, 5.74) is 7.09. The van der Waals surface area contributed by atoms with Crippen molar-refractivity contribution in [1.29, 1.82) is 0 Å². The van der Waals surface area contributed by atoms with Gasteiger partial charge in [0.1, 0.15) is 6.10 Å². The number of esters is 1. The van der Waals surface area contributed by atoms with Gasteiger partial charge in [0.05, 0.1) is 11.8 Å². The van der Waals surface area contributed by atoms with Gasteiger partial charge in [-0.3, -0.25) is 24.0 Å². The Hall–Kier alpha value is -3.49. The standard InChI is InChI=1S/C46H66N2O7/c1-28(2)36-31(49)25-46(23-24-48(39(52)38(47)51)27-29-13-11-10-12-14-29)22-21-44(8)30(37(36)46)15-16-33-43(7)19-18-34(55-35(50)26-41(3,4)40(53)54)42(5,6)32(43)17-20-45(33,44)9/h10-14,28,30,32-34H,15-27H2,1-9H3,(H2,47,51)(H,53,54). The summed E-state index contributed by atoms with van der Waals surface area (Å²) in [5.74, 6) is -1.68. The number of hydrogen-bond donors (Lipinski definition) is 2. The summed E-state index contributed by atoms with van der Waals surface area (Å²) in [5, 5.41) is 9.62. The third-order valence-corrected chi connectivity index (χ3v) is 16.5. The second-order valence-corrected chi connectivity index (χ2v) is 20.5. The number of rotatable bonds is 10. The summed E-state index contributed by atoms with van der Waals surface area (Å²) in [7, 11) is 0. The number of nitrogens with zero attached hydrogens (tertiary/aromatic N) is 1. The van der Waals surface area contributed by atoms with Gasteiger partial charge in [-0.15, -0.1) is 0 Å². The molecule has 5 aliphatic rings. The second kappa shape index (κ2) is 14.2. The maximum absolute atomic E-state index is 14.2. The van der Waals surface area contributed by atoms with Crippen LogP contribution in [-0.2, 0) is 35.3 Å². The normalized spacial score (nSPS) is 35.3. The van der Waals surface area contributed by atoms with Gasteiger partial charge < -0.3 is 20.5 Å². The molecule has 6 rings (SSSR count). The van der Waals surface area contributed by atoms with Gasteiger partial charge in [0, 0.05) is 30.3 Å². The van der Waals surface area contributed by atoms with E-state index in [0.29, 0.717) is 37.8 Å². The number of Topliss-reactive ketones (excluding diaryl/α,β-unsaturated/α-hetero) is 1. The highest BCUT2D eigenvalue weighted by atomic mass is 16.5. The molecule has 2 amide bonds. The number of hydrogen-bond acceptors (Lipinski definition) is 6. The number of fused-ring (bicyclic) bond motifs is 7. The fourth-order valence-corrected chi connectivity index (χ4v) is 13.4. The number of amides is 2. The van der Waals surface area contributed by atoms with Crippen molar-refractivity contribution >= 4 is 29.5 Å². The lowest BCUT2D eigenvalue weighted by molar-refractivity contribution is -0.233. The first-order valence-corrected chi connectivity index (χ1v) is 20.9. The quantitative estimate of drug-likeness (QED) is 0.181. The van der Waals surface area contributed by atoms with Crippen LogP contribution in [0.4, 0.5) is 0 Å². The number of primary amides is 1. The minimum Gasteiger partial charge on any atom is -0.481 e. The minimum absolute atomic E-state index is 0.0282. The van der Waals surface area contributed by atoms with Gasteiger partial charge in [0.15, 0.2) is 5.78 Å². The topological polar surface area (TPSA) is 144 Å². The van der Waals surface area contributed by atoms with E-state index < -0.39 is 29.2 Å². The molecule has 0 aliphatic heterocycles. The number of carboxylic acids is 1. The number of ketones is 1. The molecule has 9 nitrogen and oxygen atoms in total. The van der Waals surface area contributed by atoms with E-state index in [9.17, 15) is 29.1 Å². The first-order valence-electron chi connectivity index (χ1n) is 20.9. The van der Waals surface area contributed by atoms with Crippen LogP contribution in [0.3, 0.4) is 0 Å². The van der Waals surface area contributed by atoms with Crippen molar-refractivity contribution in [3.8, 4) is 0 Å². The Balaban J connectivity index is 1.28. The van der Waals surface area contributed by atoms with E-state index in [0.717, 1.165) is 62.5 Å². The van der Waals surface area contributed by atoms with E-state index in [4.69, 9.17) is 10.5 Å². The molecule has 302 valence electrons. The average Bonchev–Trinajstić information content (AvgIpc) is 3.40. The van der Waals surface area contributed by atoms with Crippen LogP contribution in [0.5, 0.6) is 0 Å². The molecule has 8 atom stereocenters. The smallest absolute Gasteiger partial charge is 0.311 e. The van der Waals surface area contributed by atoms with Crippen LogP contribution in [0.15, 0.2) is 41.5 Å². The molecule has 3 N–H and O–H groups in total. The molecule has 0 heterocycles. The number of carbonyl (C=O) groups excluding carboxylic acids is 4. The number of ether oxygens (including phenoxy) is 1. The third kappa shape index (κ3) is 6.67. The Morgan fingerprint density at radius 1 is 0.909 bits per heavy atom. The van der Waals surface area contributed by atoms with E-state index >= 15 is 0 Å². The van der Waals surface area contributed by atoms with Crippen LogP contribution < -0.4 is 5.73 Å². The zero-order valence-corrected chi connectivity index (χ0v) is 34.9. The second-order valence-electron chi connectivity index (χ2n) is 20.5. The zero-order chi connectivity index (χ0) is 40.5. The van der Waals surface area contributed by atoms with Crippen molar-refractivity contribution in [2.75, 3.05) is 6.54 Å². The van der Waals surface area contributed by atoms with Crippen LogP contribution in [0.1, 0.15) is 139 Å². The minimum atomic E-state index is -1.18. The van der Waals surface area contributed by atoms with Crippen molar-refractivity contribution < 1.29 is 33.8 Å². The highest BCUT2D eigenvalue weighted by molar-refractivity contribution is 6.34. The molecule has 9 heteroatoms. The van der Waals surface area contributed by atoms with Crippen LogP contribution in [0.2, 0.25) is 0 Å². The Morgan fingerprint density at radius 3 is 2.20 bits per heavy atom. The SMILES string of the molecule is CC(C)C1=C2C3CCC4C5(C)CCC(OC(=O)CC(C)(C)C(=O)O)C(C)(C)C5CCC4(C)C3(C)CCC2(CCN(Cc2ccccc2)C(=O)C(N)=O)CC1=O. The van der Waals surface area contributed by atoms with Gasteiger partial charge in [0.2, 0.25) is 0 Å². The van der Waals surface area contributed by atoms with Gasteiger partial charge in [-0.25, -0.2) is 0 Å². The summed E-state index contributed by atoms with van der Waals surface area (Å²) >= 11 is 0. The molecule has 1 aromatic carbocycles. The lowest BCUT2D eigenvalue weighted by atomic mass is 9.33. The van der Waals surface area contributed by atoms with Crippen LogP contribution in [0, 0.1) is 56.2 Å². The monoisotopic (exact) mass is 758 g/mol. The van der Waals surface area contributed by atoms with E-state index in [1.165, 1.54) is 5.57 Å². The lowest BCUT2D eigenvalue weighted by Gasteiger charge is -2.72. The fourth-order valence-electron chi connectivity index (χ4n) is 13.4. The molecular formula is C46H66N2O7. The van der Waals surface area contributed by atoms with Crippen molar-refractivity contribution in [3.63, 3.8) is 0 Å². The molecular weight excluding hydrogens is 693 g/mol. The van der Waals surface area contributed by atoms with Gasteiger partial charge in [-0.2, -0.15) is 0 Å². The molecule has 4 fully saturated rings. The van der Waals surface area contributed by atoms with E-state index in [1.807, 2.05) is 30.3 Å². The maximum Gasteiger partial charge on any atom is 0.311 e. The molecule has 1 aromatic rings. The number of allylic oxidation sites excluding steroid dienone is 2. The average molecular weight is 759 g/mol. The summed E-state index contributed by atoms with van der Waals surface area (Å²) in [6, 6.07) is 9.67. The van der Waals surface area contributed by atoms with E-state index in [-0.39, 0.29) is 57.2 Å². The van der Waals surface area contributed by atoms with Crippen LogP contribution in [-0.4, -0.2) is 52.2 Å². The molecule has 0 radical (unpaired) electrons. The summed E-state index contributed by atoms with van der Waals surface area (Å²) in [6.07, 6.45) is 8.42. The first kappa shape index (κ1) is 41.2. The number of carbonyl (C=O) groups is 5. The Morgan fingerprint density at radius 2 is 1.58 bits per heavy atom. The lowest BCUT2D eigenvalue weighted by Crippen LogP contribution is -2.65. The molecule has 55 heavy (non-hydrogen) atoms. The summed E-state index contributed by atoms with van der Waals surface area (Å²) in [6.45, 7) is 20.2. The summed E-state index contributed by atoms with van der Waals surface area (Å²) < 4.78 is 6.17. The van der Waals surface area contributed by atoms with Crippen molar-refractivity contribution in [2.24, 2.45) is 61.9 Å². The molecule has 0 aromatic heterocycles. The van der Waals surface area contributed by atoms with E-state index in [2.05, 4.69) is 48.5 Å². The first-order chi connectivity index (χ1) is 25.5. The Labute approximate surface area is 328 Å². The Kier molecular flexibility index (Phi) is 10.6. The van der Waals surface area contributed by atoms with Gasteiger partial charge >= 0.3 is 23.8 Å². The molecule has 0 saturated heterocycles. The van der Waals surface area contributed by atoms with Crippen molar-refractivity contribution in [1.82, 2.24) is 4.90 Å². The molecule has 0 bridgehead atoms. The maximum atomic E-state index is 14.2. The Bertz CT molecular complexity index is 1760. The zero-order valence-electron chi connectivity index (χ0n) is 34.9. The highest BCUT2D eigenvalue weighted by Gasteiger charge is 2.70. The third-order valence-electron chi connectivity index (χ3n) is 16.5. The van der Waals surface area contributed by atoms with Crippen molar-refractivity contribution in [2.45, 2.75) is 146 Å². The van der Waals surface area contributed by atoms with Crippen molar-refractivity contribution in [3.05, 3.63) is 47.0 Å². The number of aliphatic carboxylic acids is 1. The van der Waals surface area contributed by atoms with Crippen LogP contribution >= 0.6 is 0 Å². The van der Waals surface area contributed by atoms with E-state index in [1.54, 1.807) is 18.7 Å². The van der Waals surface area contributed by atoms with Gasteiger partial charge in [-0.05, 0) is 123 Å². The molecule has 5 aliphatic carbocycles.